The second kappa shape index (κ2) is 7.17. The number of Topliss-reactive ketones (excluding diaryl/α,β-unsaturated/α-hetero) is 1. The Morgan fingerprint density at radius 1 is 1.31 bits per heavy atom. The smallest absolute Gasteiger partial charge is 0.133 e. The molecule has 16 heavy (non-hydrogen) atoms. The number of aryl methyl sites for hydroxylation is 1. The summed E-state index contributed by atoms with van der Waals surface area (Å²) in [5.74, 6) is -0.0514. The van der Waals surface area contributed by atoms with Crippen molar-refractivity contribution in [3.05, 3.63) is 34.1 Å². The Labute approximate surface area is 112 Å². The third kappa shape index (κ3) is 4.74. The van der Waals surface area contributed by atoms with Crippen molar-refractivity contribution in [3.63, 3.8) is 0 Å². The van der Waals surface area contributed by atoms with Crippen LogP contribution in [0.5, 0.6) is 0 Å². The molecule has 0 N–H and O–H groups in total. The van der Waals surface area contributed by atoms with Crippen LogP contribution in [0.4, 0.5) is 4.39 Å². The Bertz CT molecular complexity index is 366. The monoisotopic (exact) mass is 350 g/mol. The van der Waals surface area contributed by atoms with E-state index >= 15 is 0 Å². The average molecular weight is 352 g/mol. The molecule has 0 heterocycles. The van der Waals surface area contributed by atoms with Gasteiger partial charge in [-0.15, -0.1) is 0 Å². The summed E-state index contributed by atoms with van der Waals surface area (Å²) in [4.78, 5) is 11.4. The molecule has 0 spiro atoms. The Hall–Kier alpha value is -0.220. The maximum atomic E-state index is 13.4. The highest BCUT2D eigenvalue weighted by molar-refractivity contribution is 9.10. The van der Waals surface area contributed by atoms with Crippen molar-refractivity contribution in [1.29, 1.82) is 0 Å². The van der Waals surface area contributed by atoms with Crippen LogP contribution in [0.25, 0.3) is 0 Å². The topological polar surface area (TPSA) is 17.1 Å². The molecule has 0 aliphatic heterocycles. The van der Waals surface area contributed by atoms with Gasteiger partial charge in [-0.2, -0.15) is 0 Å². The van der Waals surface area contributed by atoms with Gasteiger partial charge in [0.15, 0.2) is 0 Å². The zero-order valence-corrected chi connectivity index (χ0v) is 12.0. The number of benzene rings is 1. The van der Waals surface area contributed by atoms with E-state index in [0.717, 1.165) is 16.2 Å². The van der Waals surface area contributed by atoms with Gasteiger partial charge >= 0.3 is 0 Å². The molecule has 0 radical (unpaired) electrons. The number of alkyl halides is 1. The average Bonchev–Trinajstić information content (AvgIpc) is 2.25. The fourth-order valence-electron chi connectivity index (χ4n) is 1.39. The molecular formula is C12H13Br2FO. The first kappa shape index (κ1) is 13.8. The minimum Gasteiger partial charge on any atom is -0.300 e. The third-order valence-corrected chi connectivity index (χ3v) is 3.33. The van der Waals surface area contributed by atoms with Gasteiger partial charge in [-0.25, -0.2) is 4.39 Å². The first-order chi connectivity index (χ1) is 7.63. The predicted molar refractivity (Wildman–Crippen MR) is 70.5 cm³/mol. The third-order valence-electron chi connectivity index (χ3n) is 2.28. The maximum absolute atomic E-state index is 13.4. The van der Waals surface area contributed by atoms with Gasteiger partial charge in [0.2, 0.25) is 0 Å². The summed E-state index contributed by atoms with van der Waals surface area (Å²) in [7, 11) is 0. The van der Waals surface area contributed by atoms with Crippen LogP contribution in [0.3, 0.4) is 0 Å². The fourth-order valence-corrected chi connectivity index (χ4v) is 2.00. The van der Waals surface area contributed by atoms with Crippen LogP contribution in [-0.2, 0) is 11.2 Å². The molecule has 0 saturated heterocycles. The molecule has 1 nitrogen and oxygen atoms in total. The van der Waals surface area contributed by atoms with Gasteiger partial charge in [-0.1, -0.05) is 37.9 Å². The van der Waals surface area contributed by atoms with Gasteiger partial charge < -0.3 is 0 Å². The second-order valence-corrected chi connectivity index (χ2v) is 5.28. The zero-order chi connectivity index (χ0) is 12.0. The lowest BCUT2D eigenvalue weighted by atomic mass is 10.1. The molecule has 0 saturated carbocycles. The quantitative estimate of drug-likeness (QED) is 0.699. The Morgan fingerprint density at radius 2 is 2.06 bits per heavy atom. The summed E-state index contributed by atoms with van der Waals surface area (Å²) >= 11 is 6.47. The van der Waals surface area contributed by atoms with Gasteiger partial charge in [0.25, 0.3) is 0 Å². The van der Waals surface area contributed by atoms with Gasteiger partial charge in [0, 0.05) is 22.6 Å². The SMILES string of the molecule is O=C(CCCBr)CCc1ccc(Br)cc1F. The summed E-state index contributed by atoms with van der Waals surface area (Å²) in [6.45, 7) is 0. The maximum Gasteiger partial charge on any atom is 0.133 e. The van der Waals surface area contributed by atoms with Crippen LogP contribution in [0.2, 0.25) is 0 Å². The second-order valence-electron chi connectivity index (χ2n) is 3.57. The first-order valence-corrected chi connectivity index (χ1v) is 7.06. The molecule has 0 aliphatic rings. The number of carbonyl (C=O) groups excluding carboxylic acids is 1. The molecule has 1 rings (SSSR count). The first-order valence-electron chi connectivity index (χ1n) is 5.15. The highest BCUT2D eigenvalue weighted by atomic mass is 79.9. The van der Waals surface area contributed by atoms with Crippen molar-refractivity contribution in [1.82, 2.24) is 0 Å². The van der Waals surface area contributed by atoms with E-state index in [9.17, 15) is 9.18 Å². The molecule has 0 unspecified atom stereocenters. The van der Waals surface area contributed by atoms with E-state index in [1.165, 1.54) is 6.07 Å². The Kier molecular flexibility index (Phi) is 6.21. The van der Waals surface area contributed by atoms with E-state index in [4.69, 9.17) is 0 Å². The van der Waals surface area contributed by atoms with Crippen LogP contribution in [0.1, 0.15) is 24.8 Å². The van der Waals surface area contributed by atoms with Crippen LogP contribution in [0.15, 0.2) is 22.7 Å². The van der Waals surface area contributed by atoms with Crippen LogP contribution in [0, 0.1) is 5.82 Å². The Morgan fingerprint density at radius 3 is 2.69 bits per heavy atom. The summed E-state index contributed by atoms with van der Waals surface area (Å²) in [5.41, 5.74) is 0.607. The van der Waals surface area contributed by atoms with E-state index < -0.39 is 0 Å². The van der Waals surface area contributed by atoms with Crippen molar-refractivity contribution < 1.29 is 9.18 Å². The number of rotatable bonds is 6. The molecule has 0 bridgehead atoms. The predicted octanol–water partition coefficient (Wildman–Crippen LogP) is 4.27. The molecule has 0 fully saturated rings. The summed E-state index contributed by atoms with van der Waals surface area (Å²) < 4.78 is 14.1. The highest BCUT2D eigenvalue weighted by Gasteiger charge is 2.06. The lowest BCUT2D eigenvalue weighted by Gasteiger charge is -2.03. The van der Waals surface area contributed by atoms with Gasteiger partial charge in [0.05, 0.1) is 0 Å². The van der Waals surface area contributed by atoms with Crippen molar-refractivity contribution in [3.8, 4) is 0 Å². The highest BCUT2D eigenvalue weighted by Crippen LogP contribution is 2.16. The van der Waals surface area contributed by atoms with Gasteiger partial charge in [-0.05, 0) is 30.5 Å². The number of hydrogen-bond donors (Lipinski definition) is 0. The normalized spacial score (nSPS) is 10.4. The molecule has 0 atom stereocenters. The minimum atomic E-state index is -0.248. The van der Waals surface area contributed by atoms with Crippen molar-refractivity contribution in [2.45, 2.75) is 25.7 Å². The zero-order valence-electron chi connectivity index (χ0n) is 8.81. The number of carbonyl (C=O) groups is 1. The lowest BCUT2D eigenvalue weighted by molar-refractivity contribution is -0.119. The van der Waals surface area contributed by atoms with E-state index in [1.807, 2.05) is 0 Å². The lowest BCUT2D eigenvalue weighted by Crippen LogP contribution is -2.01. The van der Waals surface area contributed by atoms with Crippen molar-refractivity contribution in [2.24, 2.45) is 0 Å². The fraction of sp³-hybridized carbons (Fsp3) is 0.417. The van der Waals surface area contributed by atoms with E-state index in [0.29, 0.717) is 24.8 Å². The van der Waals surface area contributed by atoms with E-state index in [2.05, 4.69) is 31.9 Å². The molecule has 0 amide bonds. The van der Waals surface area contributed by atoms with Crippen molar-refractivity contribution >= 4 is 37.6 Å². The largest absolute Gasteiger partial charge is 0.300 e. The van der Waals surface area contributed by atoms with Crippen LogP contribution < -0.4 is 0 Å². The summed E-state index contributed by atoms with van der Waals surface area (Å²) in [6, 6.07) is 4.94. The molecular weight excluding hydrogens is 339 g/mol. The number of hydrogen-bond acceptors (Lipinski definition) is 1. The van der Waals surface area contributed by atoms with E-state index in [-0.39, 0.29) is 11.6 Å². The van der Waals surface area contributed by atoms with Gasteiger partial charge in [0.1, 0.15) is 11.6 Å². The molecule has 88 valence electrons. The number of ketones is 1. The molecule has 1 aromatic rings. The summed E-state index contributed by atoms with van der Waals surface area (Å²) in [5, 5.41) is 0.839. The van der Waals surface area contributed by atoms with Gasteiger partial charge in [-0.3, -0.25) is 4.79 Å². The van der Waals surface area contributed by atoms with Crippen molar-refractivity contribution in [2.75, 3.05) is 5.33 Å². The molecule has 1 aromatic carbocycles. The van der Waals surface area contributed by atoms with Crippen LogP contribution >= 0.6 is 31.9 Å². The van der Waals surface area contributed by atoms with Crippen LogP contribution in [-0.4, -0.2) is 11.1 Å². The van der Waals surface area contributed by atoms with E-state index in [1.54, 1.807) is 12.1 Å². The summed E-state index contributed by atoms with van der Waals surface area (Å²) in [6.07, 6.45) is 2.33. The molecule has 4 heteroatoms. The Balaban J connectivity index is 2.45. The minimum absolute atomic E-state index is 0.196. The number of halogens is 3. The standard InChI is InChI=1S/C12H13Br2FO/c13-7-1-2-11(16)6-4-9-3-5-10(14)8-12(9)15/h3,5,8H,1-2,4,6-7H2. The molecule has 0 aliphatic carbocycles. The molecule has 0 aromatic heterocycles.